The van der Waals surface area contributed by atoms with Crippen LogP contribution < -0.4 is 0 Å². The van der Waals surface area contributed by atoms with Gasteiger partial charge in [-0.25, -0.2) is 19.9 Å². The van der Waals surface area contributed by atoms with Gasteiger partial charge in [-0.1, -0.05) is 158 Å². The number of hydrogen-bond donors (Lipinski definition) is 0. The molecule has 0 unspecified atom stereocenters. The van der Waals surface area contributed by atoms with Gasteiger partial charge in [-0.3, -0.25) is 9.13 Å². The van der Waals surface area contributed by atoms with E-state index in [4.69, 9.17) is 19.9 Å². The maximum atomic E-state index is 5.93. The first-order chi connectivity index (χ1) is 31.3. The van der Waals surface area contributed by atoms with Crippen molar-refractivity contribution in [2.24, 2.45) is 0 Å². The maximum absolute atomic E-state index is 5.93. The van der Waals surface area contributed by atoms with E-state index in [1.807, 2.05) is 36.4 Å². The molecule has 0 saturated heterocycles. The van der Waals surface area contributed by atoms with Gasteiger partial charge in [-0.15, -0.1) is 0 Å². The van der Waals surface area contributed by atoms with Crippen molar-refractivity contribution in [1.29, 1.82) is 0 Å². The molecular formula is C56H37N7. The third-order valence-corrected chi connectivity index (χ3v) is 12.6. The number of nitrogens with zero attached hydrogens (tertiary/aromatic N) is 7. The first-order valence-corrected chi connectivity index (χ1v) is 21.5. The normalized spacial score (nSPS) is 12.6. The van der Waals surface area contributed by atoms with Crippen molar-refractivity contribution in [3.05, 3.63) is 205 Å². The molecule has 7 heteroatoms. The summed E-state index contributed by atoms with van der Waals surface area (Å²) in [4.78, 5) is 22.0. The summed E-state index contributed by atoms with van der Waals surface area (Å²) in [6.45, 7) is 0. The fourth-order valence-corrected chi connectivity index (χ4v) is 9.85. The number of fused-ring (bicyclic) bond motifs is 9. The minimum absolute atomic E-state index is 0.551. The molecule has 7 nitrogen and oxygen atoms in total. The number of aromatic nitrogens is 7. The van der Waals surface area contributed by atoms with Crippen LogP contribution in [-0.2, 0) is 6.42 Å². The molecule has 296 valence electrons. The zero-order chi connectivity index (χ0) is 41.4. The van der Waals surface area contributed by atoms with E-state index in [2.05, 4.69) is 178 Å². The first kappa shape index (κ1) is 35.3. The van der Waals surface area contributed by atoms with Crippen molar-refractivity contribution in [2.45, 2.75) is 12.8 Å². The predicted octanol–water partition coefficient (Wildman–Crippen LogP) is 13.4. The molecule has 5 aromatic heterocycles. The van der Waals surface area contributed by atoms with Gasteiger partial charge in [-0.2, -0.15) is 0 Å². The lowest BCUT2D eigenvalue weighted by Crippen LogP contribution is -2.13. The molecule has 7 aromatic carbocycles. The Labute approximate surface area is 362 Å². The average molecular weight is 808 g/mol. The minimum Gasteiger partial charge on any atom is -0.306 e. The van der Waals surface area contributed by atoms with Gasteiger partial charge in [-0.05, 0) is 60.9 Å². The van der Waals surface area contributed by atoms with E-state index in [0.29, 0.717) is 17.5 Å². The first-order valence-electron chi connectivity index (χ1n) is 21.5. The second kappa shape index (κ2) is 14.1. The van der Waals surface area contributed by atoms with E-state index in [1.54, 1.807) is 0 Å². The number of para-hydroxylation sites is 5. The standard InChI is InChI=1S/C56H37N7/c1-3-19-36(20-4-1)53-58-54(37-21-5-2-6-22-37)60-55(59-53)44-35-51(61-45-29-13-7-23-38(45)39-24-8-14-30-46(39)61)57-56(63-49-33-17-11-27-42(49)43-28-12-18-34-50(43)63)52(44)62-47-31-15-9-25-40(47)41-26-10-16-32-48(41)62/h1-9,11-25,27-35H,10,26H2. The zero-order valence-electron chi connectivity index (χ0n) is 34.1. The highest BCUT2D eigenvalue weighted by atomic mass is 15.2. The lowest BCUT2D eigenvalue weighted by Gasteiger charge is -2.22. The fourth-order valence-electron chi connectivity index (χ4n) is 9.85. The third-order valence-electron chi connectivity index (χ3n) is 12.6. The highest BCUT2D eigenvalue weighted by molar-refractivity contribution is 6.11. The van der Waals surface area contributed by atoms with Crippen LogP contribution in [0.5, 0.6) is 0 Å². The Balaban J connectivity index is 1.26. The summed E-state index contributed by atoms with van der Waals surface area (Å²) < 4.78 is 7.08. The second-order valence-corrected chi connectivity index (χ2v) is 16.1. The fraction of sp³-hybridized carbons (Fsp3) is 0.0357. The molecule has 0 fully saturated rings. The number of rotatable bonds is 6. The summed E-state index contributed by atoms with van der Waals surface area (Å²) in [6.07, 6.45) is 6.50. The van der Waals surface area contributed by atoms with Crippen LogP contribution in [0.1, 0.15) is 17.7 Å². The summed E-state index contributed by atoms with van der Waals surface area (Å²) in [7, 11) is 0. The summed E-state index contributed by atoms with van der Waals surface area (Å²) in [6, 6.07) is 66.0. The number of benzene rings is 7. The Morgan fingerprint density at radius 1 is 0.381 bits per heavy atom. The number of hydrogen-bond acceptors (Lipinski definition) is 4. The molecule has 63 heavy (non-hydrogen) atoms. The topological polar surface area (TPSA) is 66.3 Å². The van der Waals surface area contributed by atoms with E-state index >= 15 is 0 Å². The molecule has 0 spiro atoms. The van der Waals surface area contributed by atoms with Crippen LogP contribution in [0.25, 0.3) is 112 Å². The van der Waals surface area contributed by atoms with Gasteiger partial charge in [0.1, 0.15) is 11.5 Å². The minimum atomic E-state index is 0.551. The van der Waals surface area contributed by atoms with Gasteiger partial charge in [0.15, 0.2) is 23.3 Å². The number of aryl methyl sites for hydroxylation is 1. The van der Waals surface area contributed by atoms with Crippen LogP contribution in [0.15, 0.2) is 194 Å². The largest absolute Gasteiger partial charge is 0.306 e. The summed E-state index contributed by atoms with van der Waals surface area (Å²) in [5.41, 5.74) is 11.3. The summed E-state index contributed by atoms with van der Waals surface area (Å²) >= 11 is 0. The molecule has 12 aromatic rings. The van der Waals surface area contributed by atoms with E-state index in [1.165, 1.54) is 10.9 Å². The van der Waals surface area contributed by atoms with E-state index in [-0.39, 0.29) is 0 Å². The van der Waals surface area contributed by atoms with Crippen LogP contribution in [0.4, 0.5) is 0 Å². The number of pyridine rings is 1. The molecule has 0 saturated carbocycles. The quantitative estimate of drug-likeness (QED) is 0.168. The molecule has 1 aliphatic carbocycles. The van der Waals surface area contributed by atoms with Gasteiger partial charge in [0.05, 0.1) is 33.1 Å². The monoisotopic (exact) mass is 807 g/mol. The van der Waals surface area contributed by atoms with Crippen molar-refractivity contribution >= 4 is 60.6 Å². The molecule has 1 aliphatic rings. The highest BCUT2D eigenvalue weighted by Crippen LogP contribution is 2.44. The molecule has 5 heterocycles. The van der Waals surface area contributed by atoms with Crippen molar-refractivity contribution in [3.8, 4) is 51.5 Å². The lowest BCUT2D eigenvalue weighted by molar-refractivity contribution is 0.939. The lowest BCUT2D eigenvalue weighted by atomic mass is 10.0. The second-order valence-electron chi connectivity index (χ2n) is 16.1. The van der Waals surface area contributed by atoms with Gasteiger partial charge in [0.25, 0.3) is 0 Å². The van der Waals surface area contributed by atoms with Crippen LogP contribution >= 0.6 is 0 Å². The Hall–Kier alpha value is -8.42. The number of allylic oxidation sites excluding steroid dienone is 1. The molecule has 0 amide bonds. The molecule has 0 radical (unpaired) electrons. The van der Waals surface area contributed by atoms with Gasteiger partial charge >= 0.3 is 0 Å². The Morgan fingerprint density at radius 2 is 0.810 bits per heavy atom. The SMILES string of the molecule is C1=Cc2c(c3ccccc3n2-c2c(-c3nc(-c4ccccc4)nc(-c4ccccc4)n3)cc(-n3c4ccccc4c4ccccc43)nc2-n2c3ccccc3c3ccccc32)CC1. The van der Waals surface area contributed by atoms with Crippen molar-refractivity contribution in [1.82, 2.24) is 33.6 Å². The third kappa shape index (κ3) is 5.46. The Bertz CT molecular complexity index is 3630. The average Bonchev–Trinajstić information content (AvgIpc) is 4.00. The summed E-state index contributed by atoms with van der Waals surface area (Å²) in [5.74, 6) is 3.27. The predicted molar refractivity (Wildman–Crippen MR) is 257 cm³/mol. The van der Waals surface area contributed by atoms with Crippen LogP contribution in [0.2, 0.25) is 0 Å². The molecule has 0 aliphatic heterocycles. The van der Waals surface area contributed by atoms with Crippen LogP contribution in [0.3, 0.4) is 0 Å². The molecule has 13 rings (SSSR count). The maximum Gasteiger partial charge on any atom is 0.166 e. The van der Waals surface area contributed by atoms with E-state index < -0.39 is 0 Å². The van der Waals surface area contributed by atoms with E-state index in [9.17, 15) is 0 Å². The van der Waals surface area contributed by atoms with Crippen LogP contribution in [-0.4, -0.2) is 33.6 Å². The smallest absolute Gasteiger partial charge is 0.166 e. The molecular weight excluding hydrogens is 771 g/mol. The zero-order valence-corrected chi connectivity index (χ0v) is 34.1. The molecule has 0 atom stereocenters. The van der Waals surface area contributed by atoms with Crippen LogP contribution in [0, 0.1) is 0 Å². The van der Waals surface area contributed by atoms with Gasteiger partial charge < -0.3 is 4.57 Å². The van der Waals surface area contributed by atoms with Crippen molar-refractivity contribution in [2.75, 3.05) is 0 Å². The molecule has 0 N–H and O–H groups in total. The van der Waals surface area contributed by atoms with E-state index in [0.717, 1.165) is 102 Å². The Morgan fingerprint density at radius 3 is 1.33 bits per heavy atom. The van der Waals surface area contributed by atoms with Crippen molar-refractivity contribution in [3.63, 3.8) is 0 Å². The van der Waals surface area contributed by atoms with Gasteiger partial charge in [0.2, 0.25) is 0 Å². The Kier molecular flexibility index (Phi) is 7.90. The highest BCUT2D eigenvalue weighted by Gasteiger charge is 2.29. The van der Waals surface area contributed by atoms with Gasteiger partial charge in [0, 0.05) is 43.8 Å². The molecule has 0 bridgehead atoms. The summed E-state index contributed by atoms with van der Waals surface area (Å²) in [5, 5.41) is 5.86. The van der Waals surface area contributed by atoms with Crippen molar-refractivity contribution < 1.29 is 0 Å².